The van der Waals surface area contributed by atoms with Crippen LogP contribution in [0.1, 0.15) is 51.5 Å². The number of sulfonamides is 1. The summed E-state index contributed by atoms with van der Waals surface area (Å²) in [5.74, 6) is -1.09. The highest BCUT2D eigenvalue weighted by molar-refractivity contribution is 7.92. The van der Waals surface area contributed by atoms with E-state index in [4.69, 9.17) is 16.3 Å². The van der Waals surface area contributed by atoms with E-state index in [0.29, 0.717) is 10.6 Å². The molecule has 1 fully saturated rings. The van der Waals surface area contributed by atoms with Crippen molar-refractivity contribution < 1.29 is 27.1 Å². The van der Waals surface area contributed by atoms with Crippen LogP contribution in [0.2, 0.25) is 5.02 Å². The van der Waals surface area contributed by atoms with Gasteiger partial charge in [-0.15, -0.1) is 0 Å². The van der Waals surface area contributed by atoms with Crippen molar-refractivity contribution in [3.8, 4) is 5.75 Å². The maximum atomic E-state index is 14.1. The quantitative estimate of drug-likeness (QED) is 0.268. The summed E-state index contributed by atoms with van der Waals surface area (Å²) in [7, 11) is -4.29. The van der Waals surface area contributed by atoms with Crippen molar-refractivity contribution in [3.05, 3.63) is 89.2 Å². The van der Waals surface area contributed by atoms with Crippen molar-refractivity contribution >= 4 is 39.1 Å². The molecule has 43 heavy (non-hydrogen) atoms. The summed E-state index contributed by atoms with van der Waals surface area (Å²) in [6, 6.07) is 16.9. The van der Waals surface area contributed by atoms with Gasteiger partial charge < -0.3 is 15.0 Å². The van der Waals surface area contributed by atoms with Crippen LogP contribution in [0.4, 0.5) is 10.1 Å². The van der Waals surface area contributed by atoms with Gasteiger partial charge in [0.25, 0.3) is 10.0 Å². The first-order chi connectivity index (χ1) is 20.6. The lowest BCUT2D eigenvalue weighted by atomic mass is 9.95. The normalized spacial score (nSPS) is 14.5. The molecule has 8 nitrogen and oxygen atoms in total. The Balaban J connectivity index is 1.71. The first-order valence-corrected chi connectivity index (χ1v) is 16.3. The second kappa shape index (κ2) is 14.7. The SMILES string of the molecule is CCOc1ccccc1N(CC(=O)N(Cc1ccc(F)cc1)[C@H](C)C(=O)NC1CCCCC1)S(=O)(=O)c1ccc(Cl)cc1. The van der Waals surface area contributed by atoms with E-state index in [9.17, 15) is 22.4 Å². The molecule has 1 atom stereocenters. The zero-order valence-corrected chi connectivity index (χ0v) is 25.9. The Kier molecular flexibility index (Phi) is 11.0. The number of rotatable bonds is 12. The van der Waals surface area contributed by atoms with Crippen LogP contribution in [0.15, 0.2) is 77.7 Å². The average molecular weight is 630 g/mol. The second-order valence-corrected chi connectivity index (χ2v) is 12.8. The molecule has 0 aromatic heterocycles. The Labute approximate surface area is 257 Å². The topological polar surface area (TPSA) is 96.0 Å². The van der Waals surface area contributed by atoms with E-state index >= 15 is 0 Å². The number of nitrogens with zero attached hydrogens (tertiary/aromatic N) is 2. The smallest absolute Gasteiger partial charge is 0.264 e. The maximum absolute atomic E-state index is 14.1. The molecule has 3 aromatic rings. The van der Waals surface area contributed by atoms with Crippen molar-refractivity contribution in [1.29, 1.82) is 0 Å². The van der Waals surface area contributed by atoms with Gasteiger partial charge in [0, 0.05) is 17.6 Å². The summed E-state index contributed by atoms with van der Waals surface area (Å²) in [4.78, 5) is 28.8. The lowest BCUT2D eigenvalue weighted by Crippen LogP contribution is -2.53. The third kappa shape index (κ3) is 8.26. The zero-order valence-electron chi connectivity index (χ0n) is 24.3. The van der Waals surface area contributed by atoms with Crippen LogP contribution in [0, 0.1) is 5.82 Å². The number of benzene rings is 3. The summed E-state index contributed by atoms with van der Waals surface area (Å²) < 4.78 is 48.5. The predicted octanol–water partition coefficient (Wildman–Crippen LogP) is 5.94. The van der Waals surface area contributed by atoms with Gasteiger partial charge in [0.2, 0.25) is 11.8 Å². The highest BCUT2D eigenvalue weighted by atomic mass is 35.5. The number of hydrogen-bond acceptors (Lipinski definition) is 5. The monoisotopic (exact) mass is 629 g/mol. The fourth-order valence-corrected chi connectivity index (χ4v) is 6.68. The predicted molar refractivity (Wildman–Crippen MR) is 165 cm³/mol. The summed E-state index contributed by atoms with van der Waals surface area (Å²) in [5, 5.41) is 3.42. The lowest BCUT2D eigenvalue weighted by molar-refractivity contribution is -0.139. The highest BCUT2D eigenvalue weighted by Crippen LogP contribution is 2.33. The molecule has 230 valence electrons. The summed E-state index contributed by atoms with van der Waals surface area (Å²) in [5.41, 5.74) is 0.766. The van der Waals surface area contributed by atoms with E-state index in [1.807, 2.05) is 0 Å². The van der Waals surface area contributed by atoms with E-state index in [1.54, 1.807) is 38.1 Å². The van der Waals surface area contributed by atoms with Gasteiger partial charge in [-0.1, -0.05) is 55.1 Å². The Hall–Kier alpha value is -3.63. The van der Waals surface area contributed by atoms with Crippen molar-refractivity contribution in [2.24, 2.45) is 0 Å². The Morgan fingerprint density at radius 2 is 1.65 bits per heavy atom. The molecule has 1 saturated carbocycles. The van der Waals surface area contributed by atoms with Gasteiger partial charge in [-0.3, -0.25) is 13.9 Å². The van der Waals surface area contributed by atoms with Gasteiger partial charge >= 0.3 is 0 Å². The van der Waals surface area contributed by atoms with Gasteiger partial charge in [0.15, 0.2) is 0 Å². The molecule has 2 amide bonds. The highest BCUT2D eigenvalue weighted by Gasteiger charge is 2.34. The van der Waals surface area contributed by atoms with Crippen LogP contribution in [-0.2, 0) is 26.2 Å². The average Bonchev–Trinajstić information content (AvgIpc) is 3.00. The van der Waals surface area contributed by atoms with E-state index in [-0.39, 0.29) is 41.4 Å². The second-order valence-electron chi connectivity index (χ2n) is 10.5. The van der Waals surface area contributed by atoms with Gasteiger partial charge in [0.05, 0.1) is 17.2 Å². The molecular formula is C32H37ClFN3O5S. The Morgan fingerprint density at radius 3 is 2.30 bits per heavy atom. The molecule has 0 spiro atoms. The van der Waals surface area contributed by atoms with Crippen LogP contribution in [0.3, 0.4) is 0 Å². The molecule has 0 heterocycles. The molecule has 0 bridgehead atoms. The minimum absolute atomic E-state index is 0.0197. The summed E-state index contributed by atoms with van der Waals surface area (Å²) >= 11 is 6.02. The molecule has 0 unspecified atom stereocenters. The molecule has 1 N–H and O–H groups in total. The number of amides is 2. The number of nitrogens with one attached hydrogen (secondary N) is 1. The Morgan fingerprint density at radius 1 is 1.00 bits per heavy atom. The molecule has 3 aromatic carbocycles. The van der Waals surface area contributed by atoms with Gasteiger partial charge in [-0.25, -0.2) is 12.8 Å². The van der Waals surface area contributed by atoms with E-state index in [2.05, 4.69) is 5.32 Å². The molecule has 11 heteroatoms. The minimum atomic E-state index is -4.29. The first-order valence-electron chi connectivity index (χ1n) is 14.4. The number of anilines is 1. The zero-order chi connectivity index (χ0) is 31.0. The van der Waals surface area contributed by atoms with Crippen LogP contribution in [0.5, 0.6) is 5.75 Å². The molecule has 0 radical (unpaired) electrons. The van der Waals surface area contributed by atoms with Crippen LogP contribution in [-0.4, -0.2) is 50.4 Å². The van der Waals surface area contributed by atoms with Gasteiger partial charge in [-0.2, -0.15) is 0 Å². The van der Waals surface area contributed by atoms with Gasteiger partial charge in [-0.05, 0) is 80.8 Å². The Bertz CT molecular complexity index is 1500. The third-order valence-electron chi connectivity index (χ3n) is 7.50. The maximum Gasteiger partial charge on any atom is 0.264 e. The molecule has 1 aliphatic carbocycles. The number of ether oxygens (including phenoxy) is 1. The number of halogens is 2. The summed E-state index contributed by atoms with van der Waals surface area (Å²) in [6.07, 6.45) is 4.90. The van der Waals surface area contributed by atoms with Crippen LogP contribution < -0.4 is 14.4 Å². The molecule has 1 aliphatic rings. The third-order valence-corrected chi connectivity index (χ3v) is 9.53. The van der Waals surface area contributed by atoms with E-state index in [1.165, 1.54) is 53.4 Å². The van der Waals surface area contributed by atoms with Gasteiger partial charge in [0.1, 0.15) is 24.2 Å². The largest absolute Gasteiger partial charge is 0.492 e. The number of para-hydroxylation sites is 2. The van der Waals surface area contributed by atoms with Crippen molar-refractivity contribution in [2.75, 3.05) is 17.5 Å². The fourth-order valence-electron chi connectivity index (χ4n) is 5.13. The van der Waals surface area contributed by atoms with Crippen molar-refractivity contribution in [3.63, 3.8) is 0 Å². The minimum Gasteiger partial charge on any atom is -0.492 e. The number of carbonyl (C=O) groups is 2. The van der Waals surface area contributed by atoms with E-state index < -0.39 is 34.3 Å². The number of hydrogen-bond donors (Lipinski definition) is 1. The van der Waals surface area contributed by atoms with Crippen LogP contribution >= 0.6 is 11.6 Å². The van der Waals surface area contributed by atoms with E-state index in [0.717, 1.165) is 36.4 Å². The van der Waals surface area contributed by atoms with Crippen molar-refractivity contribution in [1.82, 2.24) is 10.2 Å². The molecular weight excluding hydrogens is 593 g/mol. The van der Waals surface area contributed by atoms with Crippen LogP contribution in [0.25, 0.3) is 0 Å². The molecule has 0 saturated heterocycles. The molecule has 0 aliphatic heterocycles. The summed E-state index contributed by atoms with van der Waals surface area (Å²) in [6.45, 7) is 3.02. The fraction of sp³-hybridized carbons (Fsp3) is 0.375. The number of carbonyl (C=O) groups excluding carboxylic acids is 2. The first kappa shape index (κ1) is 32.3. The lowest BCUT2D eigenvalue weighted by Gasteiger charge is -2.33. The molecule has 4 rings (SSSR count). The van der Waals surface area contributed by atoms with Crippen molar-refractivity contribution in [2.45, 2.75) is 69.5 Å². The standard InChI is InChI=1S/C32H37ClFN3O5S/c1-3-42-30-12-8-7-11-29(30)37(43(40,41)28-19-15-25(33)16-20-28)22-31(38)36(21-24-13-17-26(34)18-14-24)23(2)32(39)35-27-9-5-4-6-10-27/h7-8,11-20,23,27H,3-6,9-10,21-22H2,1-2H3,(H,35,39)/t23-/m1/s1.